The number of fused-ring (bicyclic) bond motifs is 2. The van der Waals surface area contributed by atoms with Crippen LogP contribution < -0.4 is 5.63 Å². The van der Waals surface area contributed by atoms with Crippen LogP contribution in [0.5, 0.6) is 0 Å². The highest BCUT2D eigenvalue weighted by Gasteiger charge is 2.10. The van der Waals surface area contributed by atoms with Gasteiger partial charge in [-0.1, -0.05) is 23.7 Å². The topological polar surface area (TPSA) is 69.4 Å². The van der Waals surface area contributed by atoms with Crippen LogP contribution in [0.25, 0.3) is 27.3 Å². The van der Waals surface area contributed by atoms with E-state index in [2.05, 4.69) is 4.98 Å². The summed E-state index contributed by atoms with van der Waals surface area (Å²) >= 11 is 7.66. The summed E-state index contributed by atoms with van der Waals surface area (Å²) in [7, 11) is 0. The Balaban J connectivity index is 1.51. The van der Waals surface area contributed by atoms with E-state index in [-0.39, 0.29) is 6.61 Å². The normalized spacial score (nSPS) is 11.5. The van der Waals surface area contributed by atoms with E-state index in [1.807, 2.05) is 31.2 Å². The van der Waals surface area contributed by atoms with Gasteiger partial charge in [0.2, 0.25) is 0 Å². The van der Waals surface area contributed by atoms with Gasteiger partial charge < -0.3 is 9.15 Å². The zero-order valence-corrected chi connectivity index (χ0v) is 16.3. The zero-order valence-electron chi connectivity index (χ0n) is 14.8. The molecule has 0 aliphatic heterocycles. The van der Waals surface area contributed by atoms with Crippen molar-refractivity contribution in [2.45, 2.75) is 13.5 Å². The highest BCUT2D eigenvalue weighted by Crippen LogP contribution is 2.26. The lowest BCUT2D eigenvalue weighted by Crippen LogP contribution is -2.05. The number of carbonyl (C=O) groups excluding carboxylic acids is 1. The lowest BCUT2D eigenvalue weighted by Gasteiger charge is -2.07. The van der Waals surface area contributed by atoms with Crippen molar-refractivity contribution in [3.63, 3.8) is 0 Å². The number of esters is 1. The predicted octanol–water partition coefficient (Wildman–Crippen LogP) is 5.12. The Morgan fingerprint density at radius 1 is 1.29 bits per heavy atom. The molecule has 5 nitrogen and oxygen atoms in total. The fourth-order valence-corrected chi connectivity index (χ4v) is 3.80. The van der Waals surface area contributed by atoms with E-state index in [1.54, 1.807) is 18.2 Å². The maximum atomic E-state index is 12.1. The molecule has 4 aromatic rings. The minimum absolute atomic E-state index is 0.0650. The van der Waals surface area contributed by atoms with Gasteiger partial charge in [0, 0.05) is 28.1 Å². The number of halogens is 1. The molecule has 2 aromatic carbocycles. The number of ether oxygens (including phenoxy) is 1. The molecule has 0 N–H and O–H groups in total. The first kappa shape index (κ1) is 18.4. The van der Waals surface area contributed by atoms with E-state index < -0.39 is 11.6 Å². The monoisotopic (exact) mass is 411 g/mol. The molecule has 0 unspecified atom stereocenters. The lowest BCUT2D eigenvalue weighted by molar-refractivity contribution is -0.138. The summed E-state index contributed by atoms with van der Waals surface area (Å²) in [5, 5.41) is 1.90. The fraction of sp³-hybridized carbons (Fsp3) is 0.0952. The number of thiazole rings is 1. The van der Waals surface area contributed by atoms with E-state index >= 15 is 0 Å². The first-order chi connectivity index (χ1) is 13.5. The number of benzene rings is 2. The molecule has 2 heterocycles. The highest BCUT2D eigenvalue weighted by atomic mass is 35.5. The Morgan fingerprint density at radius 2 is 2.11 bits per heavy atom. The molecular formula is C21H14ClNO4S. The van der Waals surface area contributed by atoms with Crippen molar-refractivity contribution < 1.29 is 13.9 Å². The van der Waals surface area contributed by atoms with Crippen molar-refractivity contribution in [1.29, 1.82) is 0 Å². The summed E-state index contributed by atoms with van der Waals surface area (Å²) in [6.45, 7) is 1.76. The van der Waals surface area contributed by atoms with Gasteiger partial charge >= 0.3 is 11.6 Å². The van der Waals surface area contributed by atoms with Crippen LogP contribution in [0.15, 0.2) is 57.8 Å². The van der Waals surface area contributed by atoms with Crippen molar-refractivity contribution in [3.8, 4) is 0 Å². The van der Waals surface area contributed by atoms with Crippen LogP contribution in [-0.2, 0) is 16.1 Å². The lowest BCUT2D eigenvalue weighted by atomic mass is 10.1. The molecular weight excluding hydrogens is 398 g/mol. The second-order valence-electron chi connectivity index (χ2n) is 6.15. The maximum absolute atomic E-state index is 12.1. The van der Waals surface area contributed by atoms with Gasteiger partial charge in [-0.25, -0.2) is 14.6 Å². The Morgan fingerprint density at radius 3 is 2.93 bits per heavy atom. The third kappa shape index (κ3) is 3.83. The Labute approximate surface area is 168 Å². The standard InChI is InChI=1S/C21H14ClNO4S/c1-12-8-17-14(10-15(12)22)13(9-21(25)27-17)11-26-20(24)7-6-19-23-16-4-2-3-5-18(16)28-19/h2-10H,11H2,1H3/b7-6+. The molecule has 4 rings (SSSR count). The molecule has 0 saturated heterocycles. The van der Waals surface area contributed by atoms with Crippen molar-refractivity contribution in [1.82, 2.24) is 4.98 Å². The Hall–Kier alpha value is -2.96. The molecule has 0 aliphatic rings. The van der Waals surface area contributed by atoms with Crippen LogP contribution in [0, 0.1) is 6.92 Å². The molecule has 2 aromatic heterocycles. The van der Waals surface area contributed by atoms with Crippen LogP contribution in [0.4, 0.5) is 0 Å². The number of carbonyl (C=O) groups is 1. The van der Waals surface area contributed by atoms with Gasteiger partial charge in [0.05, 0.1) is 10.2 Å². The summed E-state index contributed by atoms with van der Waals surface area (Å²) < 4.78 is 11.5. The maximum Gasteiger partial charge on any atom is 0.336 e. The van der Waals surface area contributed by atoms with Gasteiger partial charge in [-0.15, -0.1) is 11.3 Å². The third-order valence-electron chi connectivity index (χ3n) is 4.15. The Bertz CT molecular complexity index is 1260. The van der Waals surface area contributed by atoms with E-state index in [0.29, 0.717) is 26.6 Å². The SMILES string of the molecule is Cc1cc2oc(=O)cc(COC(=O)/C=C/c3nc4ccccc4s3)c2cc1Cl. The predicted molar refractivity (Wildman–Crippen MR) is 111 cm³/mol. The quantitative estimate of drug-likeness (QED) is 0.265. The van der Waals surface area contributed by atoms with Crippen LogP contribution in [0.2, 0.25) is 5.02 Å². The second-order valence-corrected chi connectivity index (χ2v) is 7.62. The summed E-state index contributed by atoms with van der Waals surface area (Å²) in [5.74, 6) is -0.529. The number of aromatic nitrogens is 1. The number of para-hydroxylation sites is 1. The summed E-state index contributed by atoms with van der Waals surface area (Å²) in [6.07, 6.45) is 2.94. The van der Waals surface area contributed by atoms with E-state index in [4.69, 9.17) is 20.8 Å². The zero-order chi connectivity index (χ0) is 19.7. The molecule has 28 heavy (non-hydrogen) atoms. The fourth-order valence-electron chi connectivity index (χ4n) is 2.77. The van der Waals surface area contributed by atoms with Crippen molar-refractivity contribution in [3.05, 3.63) is 80.1 Å². The molecule has 140 valence electrons. The van der Waals surface area contributed by atoms with Gasteiger partial charge in [-0.3, -0.25) is 0 Å². The first-order valence-electron chi connectivity index (χ1n) is 8.43. The van der Waals surface area contributed by atoms with Gasteiger partial charge in [-0.2, -0.15) is 0 Å². The number of nitrogens with zero attached hydrogens (tertiary/aromatic N) is 1. The first-order valence-corrected chi connectivity index (χ1v) is 9.62. The second kappa shape index (κ2) is 7.58. The number of hydrogen-bond donors (Lipinski definition) is 0. The van der Waals surface area contributed by atoms with Gasteiger partial charge in [0.25, 0.3) is 0 Å². The summed E-state index contributed by atoms with van der Waals surface area (Å²) in [4.78, 5) is 28.3. The van der Waals surface area contributed by atoms with Crippen LogP contribution in [0.3, 0.4) is 0 Å². The van der Waals surface area contributed by atoms with Crippen LogP contribution >= 0.6 is 22.9 Å². The van der Waals surface area contributed by atoms with E-state index in [1.165, 1.54) is 23.5 Å². The number of aryl methyl sites for hydroxylation is 1. The number of rotatable bonds is 4. The molecule has 0 atom stereocenters. The Kier molecular flexibility index (Phi) is 4.98. The minimum Gasteiger partial charge on any atom is -0.458 e. The third-order valence-corrected chi connectivity index (χ3v) is 5.56. The van der Waals surface area contributed by atoms with Crippen molar-refractivity contribution in [2.24, 2.45) is 0 Å². The van der Waals surface area contributed by atoms with E-state index in [9.17, 15) is 9.59 Å². The van der Waals surface area contributed by atoms with Crippen LogP contribution in [0.1, 0.15) is 16.1 Å². The molecule has 0 spiro atoms. The molecule has 7 heteroatoms. The number of hydrogen-bond acceptors (Lipinski definition) is 6. The van der Waals surface area contributed by atoms with Crippen molar-refractivity contribution >= 4 is 56.2 Å². The highest BCUT2D eigenvalue weighted by molar-refractivity contribution is 7.19. The molecule has 0 radical (unpaired) electrons. The van der Waals surface area contributed by atoms with Crippen molar-refractivity contribution in [2.75, 3.05) is 0 Å². The smallest absolute Gasteiger partial charge is 0.336 e. The molecule has 0 aliphatic carbocycles. The molecule has 0 fully saturated rings. The van der Waals surface area contributed by atoms with Gasteiger partial charge in [0.1, 0.15) is 17.2 Å². The molecule has 0 saturated carbocycles. The molecule has 0 amide bonds. The van der Waals surface area contributed by atoms with E-state index in [0.717, 1.165) is 15.8 Å². The minimum atomic E-state index is -0.529. The largest absolute Gasteiger partial charge is 0.458 e. The van der Waals surface area contributed by atoms with Gasteiger partial charge in [-0.05, 0) is 42.8 Å². The summed E-state index contributed by atoms with van der Waals surface area (Å²) in [6, 6.07) is 12.4. The average molecular weight is 412 g/mol. The average Bonchev–Trinajstić information content (AvgIpc) is 3.09. The van der Waals surface area contributed by atoms with Crippen LogP contribution in [-0.4, -0.2) is 11.0 Å². The van der Waals surface area contributed by atoms with Gasteiger partial charge in [0.15, 0.2) is 0 Å². The molecule has 0 bridgehead atoms. The summed E-state index contributed by atoms with van der Waals surface area (Å²) in [5.41, 5.74) is 2.12.